The Kier molecular flexibility index (Phi) is 24.8. The van der Waals surface area contributed by atoms with Crippen LogP contribution in [0.25, 0.3) is 49.0 Å². The molecule has 0 bridgehead atoms. The lowest BCUT2D eigenvalue weighted by molar-refractivity contribution is -0.837. The zero-order valence-corrected chi connectivity index (χ0v) is 82.5. The molecule has 0 saturated carbocycles. The predicted octanol–water partition coefficient (Wildman–Crippen LogP) is 32.3. The van der Waals surface area contributed by atoms with Crippen molar-refractivity contribution in [2.75, 3.05) is 0 Å². The fraction of sp³-hybridized carbons (Fsp3) is 0.600. The minimum absolute atomic E-state index is 0. The molecule has 0 radical (unpaired) electrons. The molecule has 654 valence electrons. The van der Waals surface area contributed by atoms with Gasteiger partial charge in [0.2, 0.25) is 22.8 Å². The Bertz CT molecular complexity index is 5190. The van der Waals surface area contributed by atoms with E-state index in [2.05, 4.69) is 448 Å². The Morgan fingerprint density at radius 2 is 0.445 bits per heavy atom. The number of nitrogens with zero attached hydrogens (tertiary/aromatic N) is 4. The van der Waals surface area contributed by atoms with E-state index >= 15 is 0 Å². The van der Waals surface area contributed by atoms with Crippen molar-refractivity contribution in [2.45, 2.75) is 411 Å². The summed E-state index contributed by atoms with van der Waals surface area (Å²) in [6.07, 6.45) is 9.64. The van der Waals surface area contributed by atoms with Gasteiger partial charge in [0.1, 0.15) is 5.57 Å². The minimum atomic E-state index is -0.600. The Morgan fingerprint density at radius 3 is 0.681 bits per heavy atom. The highest BCUT2D eigenvalue weighted by atomic mass is 15.6. The van der Waals surface area contributed by atoms with Gasteiger partial charge in [-0.1, -0.05) is 420 Å². The van der Waals surface area contributed by atoms with E-state index in [-0.39, 0.29) is 116 Å². The molecule has 1 aliphatic carbocycles. The molecule has 1 unspecified atom stereocenters. The van der Waals surface area contributed by atoms with E-state index in [0.717, 1.165) is 0 Å². The summed E-state index contributed by atoms with van der Waals surface area (Å²) in [5.41, 5.74) is 33.8. The lowest BCUT2D eigenvalue weighted by atomic mass is 9.53. The van der Waals surface area contributed by atoms with Crippen LogP contribution in [0.5, 0.6) is 0 Å². The van der Waals surface area contributed by atoms with Crippen LogP contribution in [0.4, 0.5) is 0 Å². The maximum absolute atomic E-state index is 2.72. The van der Waals surface area contributed by atoms with Gasteiger partial charge in [0.15, 0.2) is 0 Å². The molecule has 14 rings (SSSR count). The average Bonchev–Trinajstić information content (AvgIpc) is 1.48. The summed E-state index contributed by atoms with van der Waals surface area (Å²) in [5.74, 6) is -0.600. The van der Waals surface area contributed by atoms with Gasteiger partial charge in [0, 0.05) is 35.3 Å². The Labute approximate surface area is 731 Å². The van der Waals surface area contributed by atoms with Gasteiger partial charge in [-0.3, -0.25) is 0 Å². The first-order valence-electron chi connectivity index (χ1n) is 44.2. The molecule has 8 heterocycles. The summed E-state index contributed by atoms with van der Waals surface area (Å²) in [4.78, 5) is 0. The van der Waals surface area contributed by atoms with E-state index in [1.807, 2.05) is 0 Å². The Hall–Kier alpha value is -6.78. The summed E-state index contributed by atoms with van der Waals surface area (Å²) in [6, 6.07) is 28.8. The molecule has 7 aliphatic rings. The van der Waals surface area contributed by atoms with Gasteiger partial charge in [-0.05, 0) is 205 Å². The third kappa shape index (κ3) is 16.3. The van der Waals surface area contributed by atoms with Crippen molar-refractivity contribution in [1.82, 2.24) is 9.13 Å². The van der Waals surface area contributed by atoms with E-state index in [4.69, 9.17) is 0 Å². The number of allylic oxidation sites excluding steroid dienone is 10. The molecule has 4 nitrogen and oxygen atoms in total. The molecule has 1 spiro atoms. The standard InChI is InChI=1S/C37H44N4.C32H42.C22H38.C20H36.4CH4/c1-33(2,3)29-21-13-15-23-30(34(4,5)6)25-17-19-27-32(36(10,11)12)28-20-18-26-31(35(7,8)9)24-16-14-22(29)39(24)37(38(21)23,40(25)27)41(26)28;1-29(2,3)25-19-15-13-17-21-23(19)24-20(26(25)30(4,5)6)16-14-18-22(24)28(32(10,11)12)27(21)31(7,8)9;1-19(2,3)15-13-17(21(7,8)9)18(22(10,11)12)14-16(15)20(4,5)6;1-17(2,3)13-14(18(4,5)6)16(20(10,11)12)15(13)19(7,8)9;;;;/h13-20H,1-12H3;13-18H,1-12H3;13-14H,1-12H3;1-12H3;4*1H4/q+2;;;;;;;. The highest BCUT2D eigenvalue weighted by molar-refractivity contribution is 6.27. The van der Waals surface area contributed by atoms with Gasteiger partial charge >= 0.3 is 5.91 Å². The third-order valence-corrected chi connectivity index (χ3v) is 25.1. The molecule has 7 aromatic rings. The number of hydrogen-bond acceptors (Lipinski definition) is 0. The molecule has 6 aliphatic heterocycles. The van der Waals surface area contributed by atoms with Crippen LogP contribution in [0, 0.1) is 43.3 Å². The van der Waals surface area contributed by atoms with Crippen LogP contribution in [-0.4, -0.2) is 29.7 Å². The number of hydrogen-bond donors (Lipinski definition) is 0. The maximum Gasteiger partial charge on any atom is 0.553 e. The number of benzene rings is 5. The lowest BCUT2D eigenvalue weighted by Crippen LogP contribution is -2.72. The zero-order chi connectivity index (χ0) is 87.4. The lowest BCUT2D eigenvalue weighted by Gasteiger charge is -2.52. The summed E-state index contributed by atoms with van der Waals surface area (Å²) in [6.45, 7) is 113. The van der Waals surface area contributed by atoms with E-state index in [1.54, 1.807) is 22.3 Å². The van der Waals surface area contributed by atoms with Gasteiger partial charge < -0.3 is 0 Å². The van der Waals surface area contributed by atoms with Crippen molar-refractivity contribution >= 4 is 60.5 Å². The van der Waals surface area contributed by atoms with Gasteiger partial charge in [-0.15, -0.1) is 0 Å². The molecule has 119 heavy (non-hydrogen) atoms. The molecule has 0 amide bonds. The summed E-state index contributed by atoms with van der Waals surface area (Å²) in [5, 5.41) is 11.4. The predicted molar refractivity (Wildman–Crippen MR) is 533 cm³/mol. The molecular formula is C115H176N4+2. The SMILES string of the molecule is C.C.C.C.CC(C)(C)C1=C(C(C)(C)C)C(C(C)(C)C)=C1C(C)(C)C.CC(C)(C)C1=C2C=CC3=[N+]2C24n5c(ccc5C(C(C)(C)C)=c5ccc(n52)=C3C(C)(C)C)C(C(C)(C)C)=C2C=CC1=[N+]24.CC(C)(C)c1c(C(C)(C)C)c2cccc3c(C(C)(C)C)c(C(C)(C)C)c4cccc1c4c23.CC(C)(C)c1cc(C(C)(C)C)c(C(C)(C)C)cc1C(C)(C)C. The van der Waals surface area contributed by atoms with Crippen LogP contribution in [0.3, 0.4) is 0 Å². The van der Waals surface area contributed by atoms with Gasteiger partial charge in [0.25, 0.3) is 0 Å². The van der Waals surface area contributed by atoms with Crippen LogP contribution in [-0.2, 0) is 49.2 Å². The first-order chi connectivity index (χ1) is 51.3. The molecule has 1 atom stereocenters. The normalized spacial score (nSPS) is 17.9. The Morgan fingerprint density at radius 1 is 0.218 bits per heavy atom. The molecule has 0 fully saturated rings. The highest BCUT2D eigenvalue weighted by Crippen LogP contribution is 2.63. The Balaban J connectivity index is 0.000000226. The molecule has 5 aromatic carbocycles. The summed E-state index contributed by atoms with van der Waals surface area (Å²) in [7, 11) is 0. The zero-order valence-electron chi connectivity index (χ0n) is 82.5. The van der Waals surface area contributed by atoms with Gasteiger partial charge in [0.05, 0.1) is 33.2 Å². The van der Waals surface area contributed by atoms with Crippen LogP contribution >= 0.6 is 0 Å². The second-order valence-corrected chi connectivity index (χ2v) is 52.3. The highest BCUT2D eigenvalue weighted by Gasteiger charge is 2.74. The number of aromatic nitrogens is 2. The molecule has 2 aromatic heterocycles. The fourth-order valence-corrected chi connectivity index (χ4v) is 21.4. The first kappa shape index (κ1) is 99.3. The van der Waals surface area contributed by atoms with Crippen molar-refractivity contribution in [1.29, 1.82) is 0 Å². The number of rotatable bonds is 0. The van der Waals surface area contributed by atoms with Crippen molar-refractivity contribution in [3.8, 4) is 0 Å². The first-order valence-corrected chi connectivity index (χ1v) is 44.2. The third-order valence-electron chi connectivity index (χ3n) is 25.1. The fourth-order valence-electron chi connectivity index (χ4n) is 21.4. The minimum Gasteiger partial charge on any atom is -0.199 e. The van der Waals surface area contributed by atoms with Crippen molar-refractivity contribution in [2.24, 2.45) is 43.3 Å². The molecular weight excluding hydrogens is 1440 g/mol. The molecule has 0 N–H and O–H groups in total. The second-order valence-electron chi connectivity index (χ2n) is 52.3. The second kappa shape index (κ2) is 29.7. The van der Waals surface area contributed by atoms with Crippen LogP contribution in [0.2, 0.25) is 0 Å². The van der Waals surface area contributed by atoms with Crippen molar-refractivity contribution in [3.05, 3.63) is 203 Å². The topological polar surface area (TPSA) is 15.9 Å². The monoisotopic (exact) mass is 1610 g/mol. The average molecular weight is 1610 g/mol. The quantitative estimate of drug-likeness (QED) is 0.106. The van der Waals surface area contributed by atoms with E-state index in [9.17, 15) is 0 Å². The molecule has 0 saturated heterocycles. The van der Waals surface area contributed by atoms with Gasteiger partial charge in [-0.2, -0.15) is 9.13 Å². The van der Waals surface area contributed by atoms with Crippen molar-refractivity contribution in [3.63, 3.8) is 0 Å². The smallest absolute Gasteiger partial charge is 0.199 e. The van der Waals surface area contributed by atoms with Crippen LogP contribution in [0.15, 0.2) is 136 Å². The van der Waals surface area contributed by atoms with E-state index < -0.39 is 5.91 Å². The summed E-state index contributed by atoms with van der Waals surface area (Å²) < 4.78 is 10.9. The maximum atomic E-state index is 2.72. The van der Waals surface area contributed by atoms with Crippen LogP contribution < -0.4 is 10.7 Å². The van der Waals surface area contributed by atoms with E-state index in [0.29, 0.717) is 0 Å². The molecule has 4 heteroatoms. The largest absolute Gasteiger partial charge is 0.553 e. The van der Waals surface area contributed by atoms with E-state index in [1.165, 1.54) is 144 Å². The van der Waals surface area contributed by atoms with Crippen LogP contribution in [0.1, 0.15) is 418 Å². The summed E-state index contributed by atoms with van der Waals surface area (Å²) >= 11 is 0. The van der Waals surface area contributed by atoms with Crippen molar-refractivity contribution < 1.29 is 9.15 Å². The van der Waals surface area contributed by atoms with Gasteiger partial charge in [-0.25, -0.2) is 0 Å².